The summed E-state index contributed by atoms with van der Waals surface area (Å²) >= 11 is 0. The molecule has 0 unspecified atom stereocenters. The van der Waals surface area contributed by atoms with E-state index in [9.17, 15) is 13.2 Å². The maximum absolute atomic E-state index is 12.0. The molecule has 1 aliphatic carbocycles. The lowest BCUT2D eigenvalue weighted by molar-refractivity contribution is -0.117. The molecule has 1 amide bonds. The van der Waals surface area contributed by atoms with Crippen LogP contribution in [0.3, 0.4) is 0 Å². The molecule has 0 spiro atoms. The second kappa shape index (κ2) is 8.87. The predicted molar refractivity (Wildman–Crippen MR) is 127 cm³/mol. The number of aryl methyl sites for hydroxylation is 1. The van der Waals surface area contributed by atoms with Crippen LogP contribution in [0.4, 0.5) is 5.82 Å². The number of piperidine rings is 1. The predicted octanol–water partition coefficient (Wildman–Crippen LogP) is 4.14. The molecule has 0 atom stereocenters. The zero-order chi connectivity index (χ0) is 22.2. The van der Waals surface area contributed by atoms with Crippen LogP contribution in [-0.2, 0) is 14.6 Å². The number of hydrogen-bond donors (Lipinski definition) is 1. The van der Waals surface area contributed by atoms with E-state index in [1.54, 1.807) is 0 Å². The van der Waals surface area contributed by atoms with Crippen molar-refractivity contribution in [1.82, 2.24) is 9.88 Å². The Bertz CT molecular complexity index is 1070. The van der Waals surface area contributed by atoms with E-state index in [1.165, 1.54) is 11.1 Å². The van der Waals surface area contributed by atoms with Crippen molar-refractivity contribution in [2.45, 2.75) is 58.4 Å². The van der Waals surface area contributed by atoms with Gasteiger partial charge in [0.05, 0.1) is 11.5 Å². The summed E-state index contributed by atoms with van der Waals surface area (Å²) in [6.07, 6.45) is 5.91. The Morgan fingerprint density at radius 3 is 2.35 bits per heavy atom. The monoisotopic (exact) mass is 445 g/mol. The highest BCUT2D eigenvalue weighted by Crippen LogP contribution is 2.35. The first-order chi connectivity index (χ1) is 14.9. The smallest absolute Gasteiger partial charge is 0.228 e. The number of fused-ring (bicyclic) bond motifs is 1. The van der Waals surface area contributed by atoms with Crippen LogP contribution in [0.1, 0.15) is 58.0 Å². The largest absolute Gasteiger partial charge is 0.310 e. The van der Waals surface area contributed by atoms with E-state index in [1.807, 2.05) is 26.1 Å². The summed E-state index contributed by atoms with van der Waals surface area (Å²) in [5, 5.41) is 5.14. The fraction of sp³-hybridized carbons (Fsp3) is 0.583. The third-order valence-corrected chi connectivity index (χ3v) is 8.47. The van der Waals surface area contributed by atoms with Crippen molar-refractivity contribution in [2.75, 3.05) is 29.9 Å². The lowest BCUT2D eigenvalue weighted by Crippen LogP contribution is -2.55. The summed E-state index contributed by atoms with van der Waals surface area (Å²) in [6, 6.07) is 6.65. The van der Waals surface area contributed by atoms with Crippen molar-refractivity contribution in [2.24, 2.45) is 5.92 Å². The van der Waals surface area contributed by atoms with Crippen molar-refractivity contribution in [3.63, 3.8) is 0 Å². The third-order valence-electron chi connectivity index (χ3n) is 6.68. The molecule has 3 heterocycles. The number of amides is 1. The first-order valence-electron chi connectivity index (χ1n) is 11.5. The van der Waals surface area contributed by atoms with Crippen LogP contribution >= 0.6 is 0 Å². The highest BCUT2D eigenvalue weighted by atomic mass is 32.2. The van der Waals surface area contributed by atoms with Crippen LogP contribution < -0.4 is 5.32 Å². The van der Waals surface area contributed by atoms with Gasteiger partial charge in [-0.05, 0) is 80.3 Å². The first-order valence-corrected chi connectivity index (χ1v) is 13.4. The number of pyridine rings is 1. The molecule has 170 valence electrons. The highest BCUT2D eigenvalue weighted by molar-refractivity contribution is 7.92. The molecule has 1 N–H and O–H groups in total. The molecule has 3 aliphatic rings. The van der Waals surface area contributed by atoms with Gasteiger partial charge < -0.3 is 5.32 Å². The third kappa shape index (κ3) is 4.93. The molecule has 1 aromatic heterocycles. The molecule has 1 aromatic carbocycles. The number of rotatable bonds is 4. The molecule has 31 heavy (non-hydrogen) atoms. The molecule has 3 fully saturated rings. The highest BCUT2D eigenvalue weighted by Gasteiger charge is 2.39. The number of likely N-dealkylation sites (tertiary alicyclic amines) is 1. The molecule has 2 aromatic rings. The van der Waals surface area contributed by atoms with E-state index in [0.717, 1.165) is 49.5 Å². The summed E-state index contributed by atoms with van der Waals surface area (Å²) in [5.41, 5.74) is 2.64. The fourth-order valence-corrected chi connectivity index (χ4v) is 6.23. The quantitative estimate of drug-likeness (QED) is 0.765. The van der Waals surface area contributed by atoms with Crippen LogP contribution in [0.5, 0.6) is 0 Å². The fourth-order valence-electron chi connectivity index (χ4n) is 4.73. The lowest BCUT2D eigenvalue weighted by Gasteiger charge is -2.41. The number of nitrogens with one attached hydrogen (secondary N) is 1. The van der Waals surface area contributed by atoms with Gasteiger partial charge in [0, 0.05) is 25.0 Å². The van der Waals surface area contributed by atoms with Gasteiger partial charge in [-0.2, -0.15) is 0 Å². The van der Waals surface area contributed by atoms with Gasteiger partial charge in [-0.1, -0.05) is 19.9 Å². The zero-order valence-electron chi connectivity index (χ0n) is 18.7. The van der Waals surface area contributed by atoms with E-state index in [0.29, 0.717) is 23.2 Å². The minimum absolute atomic E-state index is 0. The van der Waals surface area contributed by atoms with Crippen LogP contribution in [-0.4, -0.2) is 54.8 Å². The Hall–Kier alpha value is -1.99. The van der Waals surface area contributed by atoms with E-state index >= 15 is 0 Å². The van der Waals surface area contributed by atoms with Gasteiger partial charge in [0.2, 0.25) is 5.91 Å². The first kappa shape index (κ1) is 22.2. The van der Waals surface area contributed by atoms with Gasteiger partial charge in [0.1, 0.15) is 5.82 Å². The number of benzene rings is 1. The summed E-state index contributed by atoms with van der Waals surface area (Å²) < 4.78 is 22.9. The molecular formula is C24H35N3O3S. The average Bonchev–Trinajstić information content (AvgIpc) is 3.59. The van der Waals surface area contributed by atoms with E-state index in [2.05, 4.69) is 34.3 Å². The topological polar surface area (TPSA) is 79.4 Å². The molecule has 7 heteroatoms. The van der Waals surface area contributed by atoms with Crippen LogP contribution in [0, 0.1) is 12.8 Å². The van der Waals surface area contributed by atoms with Gasteiger partial charge in [0.15, 0.2) is 9.84 Å². The Morgan fingerprint density at radius 2 is 1.74 bits per heavy atom. The van der Waals surface area contributed by atoms with Crippen molar-refractivity contribution in [1.29, 1.82) is 0 Å². The van der Waals surface area contributed by atoms with Crippen molar-refractivity contribution >= 4 is 32.3 Å². The number of carbonyl (C=O) groups excluding carboxylic acids is 1. The number of nitrogens with zero attached hydrogens (tertiary/aromatic N) is 2. The summed E-state index contributed by atoms with van der Waals surface area (Å²) in [4.78, 5) is 18.8. The molecule has 1 saturated carbocycles. The van der Waals surface area contributed by atoms with Crippen LogP contribution in [0.25, 0.3) is 10.8 Å². The Kier molecular flexibility index (Phi) is 6.35. The number of sulfone groups is 1. The minimum Gasteiger partial charge on any atom is -0.310 e. The molecule has 0 bridgehead atoms. The van der Waals surface area contributed by atoms with Crippen LogP contribution in [0.2, 0.25) is 0 Å². The summed E-state index contributed by atoms with van der Waals surface area (Å²) in [7, 11) is -2.77. The van der Waals surface area contributed by atoms with E-state index in [4.69, 9.17) is 0 Å². The van der Waals surface area contributed by atoms with Crippen molar-refractivity contribution in [3.8, 4) is 0 Å². The standard InChI is InChI=1S/C22H27N3O3S.C2H6.H2/c1-14-8-18-11-23-21(24-22(26)16-2-3-16)10-17(18)9-20(14)15-4-6-25(7-5-15)19-12-29(27,28)13-19;1-2;/h8-11,15-16,19H,2-7,12-13H2,1H3,(H,23,24,26);1-2H3;1H. The second-order valence-corrected chi connectivity index (χ2v) is 11.1. The Labute approximate surface area is 186 Å². The number of hydrogen-bond acceptors (Lipinski definition) is 5. The van der Waals surface area contributed by atoms with Crippen LogP contribution in [0.15, 0.2) is 24.4 Å². The summed E-state index contributed by atoms with van der Waals surface area (Å²) in [5.74, 6) is 2.02. The van der Waals surface area contributed by atoms with Crippen molar-refractivity contribution in [3.05, 3.63) is 35.5 Å². The number of anilines is 1. The zero-order valence-corrected chi connectivity index (χ0v) is 19.5. The van der Waals surface area contributed by atoms with Gasteiger partial charge in [-0.25, -0.2) is 13.4 Å². The molecular weight excluding hydrogens is 410 g/mol. The van der Waals surface area contributed by atoms with E-state index in [-0.39, 0.29) is 19.3 Å². The number of aromatic nitrogens is 1. The van der Waals surface area contributed by atoms with Gasteiger partial charge in [-0.15, -0.1) is 0 Å². The lowest BCUT2D eigenvalue weighted by atomic mass is 9.85. The Morgan fingerprint density at radius 1 is 1.06 bits per heavy atom. The number of carbonyl (C=O) groups is 1. The maximum atomic E-state index is 12.0. The minimum atomic E-state index is -2.77. The molecule has 6 nitrogen and oxygen atoms in total. The Balaban J connectivity index is 0.000000938. The SMILES string of the molecule is CC.Cc1cc2cnc(NC(=O)C3CC3)cc2cc1C1CCN(C2CS(=O)(=O)C2)CC1.[HH]. The molecule has 2 saturated heterocycles. The summed E-state index contributed by atoms with van der Waals surface area (Å²) in [6.45, 7) is 8.07. The molecule has 2 aliphatic heterocycles. The average molecular weight is 446 g/mol. The van der Waals surface area contributed by atoms with Gasteiger partial charge in [-0.3, -0.25) is 9.69 Å². The molecule has 5 rings (SSSR count). The van der Waals surface area contributed by atoms with Gasteiger partial charge in [0.25, 0.3) is 0 Å². The normalized spacial score (nSPS) is 21.8. The second-order valence-electron chi connectivity index (χ2n) is 8.93. The van der Waals surface area contributed by atoms with Crippen molar-refractivity contribution < 1.29 is 14.6 Å². The molecule has 0 radical (unpaired) electrons. The maximum Gasteiger partial charge on any atom is 0.228 e. The van der Waals surface area contributed by atoms with Gasteiger partial charge >= 0.3 is 0 Å². The van der Waals surface area contributed by atoms with E-state index < -0.39 is 9.84 Å².